The lowest BCUT2D eigenvalue weighted by Crippen LogP contribution is -2.29. The molecule has 0 aromatic heterocycles. The van der Waals surface area contributed by atoms with Crippen LogP contribution in [-0.2, 0) is 9.53 Å². The molecule has 1 aliphatic heterocycles. The van der Waals surface area contributed by atoms with Crippen LogP contribution in [0.2, 0.25) is 0 Å². The Morgan fingerprint density at radius 1 is 1.43 bits per heavy atom. The van der Waals surface area contributed by atoms with E-state index in [1.54, 1.807) is 0 Å². The molecule has 1 aliphatic rings. The molecule has 3 atom stereocenters. The lowest BCUT2D eigenvalue weighted by molar-refractivity contribution is -0.120. The summed E-state index contributed by atoms with van der Waals surface area (Å²) in [4.78, 5) is 11.1. The van der Waals surface area contributed by atoms with Crippen molar-refractivity contribution < 1.29 is 24.9 Å². The summed E-state index contributed by atoms with van der Waals surface area (Å²) in [5.41, 5.74) is 0. The van der Waals surface area contributed by atoms with Crippen molar-refractivity contribution in [3.63, 3.8) is 0 Å². The number of hydrogen-bond acceptors (Lipinski definition) is 5. The van der Waals surface area contributed by atoms with Crippen molar-refractivity contribution in [2.24, 2.45) is 0 Å². The van der Waals surface area contributed by atoms with Gasteiger partial charge in [-0.05, 0) is 12.8 Å². The van der Waals surface area contributed by atoms with Gasteiger partial charge in [0.05, 0.1) is 19.3 Å². The minimum absolute atomic E-state index is 0.0516. The maximum absolute atomic E-state index is 11.1. The van der Waals surface area contributed by atoms with Gasteiger partial charge in [0.15, 0.2) is 5.78 Å². The van der Waals surface area contributed by atoms with E-state index in [2.05, 4.69) is 0 Å². The summed E-state index contributed by atoms with van der Waals surface area (Å²) in [6, 6.07) is 0. The van der Waals surface area contributed by atoms with Crippen molar-refractivity contribution in [3.05, 3.63) is 0 Å². The molecule has 1 unspecified atom stereocenters. The second-order valence-electron chi connectivity index (χ2n) is 3.50. The number of aliphatic hydroxyl groups excluding tert-OH is 3. The number of Topliss-reactive ketones (excluding diaryl/α,β-unsaturated/α-hetero) is 1. The number of rotatable bonds is 7. The Balaban J connectivity index is 2.04. The molecule has 1 fully saturated rings. The summed E-state index contributed by atoms with van der Waals surface area (Å²) >= 11 is 0. The molecule has 5 heteroatoms. The molecule has 0 spiro atoms. The Labute approximate surface area is 82.3 Å². The number of hydrogen-bond donors (Lipinski definition) is 3. The second kappa shape index (κ2) is 5.41. The first-order valence-corrected chi connectivity index (χ1v) is 4.76. The van der Waals surface area contributed by atoms with Gasteiger partial charge in [-0.2, -0.15) is 0 Å². The van der Waals surface area contributed by atoms with E-state index in [0.29, 0.717) is 25.9 Å². The van der Waals surface area contributed by atoms with Gasteiger partial charge < -0.3 is 20.1 Å². The first kappa shape index (κ1) is 11.6. The average Bonchev–Trinajstić information content (AvgIpc) is 2.99. The molecule has 3 N–H and O–H groups in total. The zero-order valence-electron chi connectivity index (χ0n) is 7.93. The Hall–Kier alpha value is -0.490. The number of aliphatic hydroxyl groups is 3. The molecule has 0 bridgehead atoms. The smallest absolute Gasteiger partial charge is 0.163 e. The summed E-state index contributed by atoms with van der Waals surface area (Å²) in [7, 11) is 0. The minimum atomic E-state index is -1.11. The van der Waals surface area contributed by atoms with Crippen LogP contribution in [0.25, 0.3) is 0 Å². The highest BCUT2D eigenvalue weighted by atomic mass is 16.6. The molecule has 1 rings (SSSR count). The second-order valence-corrected chi connectivity index (χ2v) is 3.50. The SMILES string of the molecule is O=C(CCC[C@H](O)[C@H](O)CO)C1CO1. The van der Waals surface area contributed by atoms with E-state index in [-0.39, 0.29) is 11.9 Å². The molecule has 82 valence electrons. The molecular formula is C9H16O5. The van der Waals surface area contributed by atoms with Gasteiger partial charge in [-0.3, -0.25) is 4.79 Å². The molecule has 0 radical (unpaired) electrons. The van der Waals surface area contributed by atoms with Crippen molar-refractivity contribution in [2.75, 3.05) is 13.2 Å². The fourth-order valence-corrected chi connectivity index (χ4v) is 1.19. The highest BCUT2D eigenvalue weighted by Crippen LogP contribution is 2.14. The van der Waals surface area contributed by atoms with Crippen LogP contribution in [0.1, 0.15) is 19.3 Å². The number of ketones is 1. The highest BCUT2D eigenvalue weighted by molar-refractivity contribution is 5.84. The van der Waals surface area contributed by atoms with Crippen LogP contribution in [0, 0.1) is 0 Å². The van der Waals surface area contributed by atoms with Crippen molar-refractivity contribution in [1.82, 2.24) is 0 Å². The number of carbonyl (C=O) groups excluding carboxylic acids is 1. The van der Waals surface area contributed by atoms with Gasteiger partial charge in [-0.25, -0.2) is 0 Å². The Kier molecular flexibility index (Phi) is 4.47. The topological polar surface area (TPSA) is 90.3 Å². The molecule has 1 saturated heterocycles. The van der Waals surface area contributed by atoms with Gasteiger partial charge in [-0.1, -0.05) is 0 Å². The van der Waals surface area contributed by atoms with Gasteiger partial charge in [0, 0.05) is 6.42 Å². The predicted octanol–water partition coefficient (Wildman–Crippen LogP) is -1.16. The molecule has 0 amide bonds. The third-order valence-corrected chi connectivity index (χ3v) is 2.25. The predicted molar refractivity (Wildman–Crippen MR) is 47.7 cm³/mol. The normalized spacial score (nSPS) is 24.4. The standard InChI is InChI=1S/C9H16O5/c10-4-8(13)6(11)2-1-3-7(12)9-5-14-9/h6,8-11,13H,1-5H2/t6-,8+,9?/m0/s1. The van der Waals surface area contributed by atoms with E-state index >= 15 is 0 Å². The van der Waals surface area contributed by atoms with E-state index < -0.39 is 18.8 Å². The van der Waals surface area contributed by atoms with Crippen LogP contribution in [0.15, 0.2) is 0 Å². The van der Waals surface area contributed by atoms with Crippen LogP contribution >= 0.6 is 0 Å². The minimum Gasteiger partial charge on any atom is -0.394 e. The van der Waals surface area contributed by atoms with Gasteiger partial charge in [0.1, 0.15) is 12.2 Å². The van der Waals surface area contributed by atoms with Gasteiger partial charge in [0.25, 0.3) is 0 Å². The Bertz CT molecular complexity index is 190. The fraction of sp³-hybridized carbons (Fsp3) is 0.889. The first-order valence-electron chi connectivity index (χ1n) is 4.76. The number of epoxide rings is 1. The van der Waals surface area contributed by atoms with Crippen LogP contribution in [0.5, 0.6) is 0 Å². The first-order chi connectivity index (χ1) is 6.65. The summed E-state index contributed by atoms with van der Waals surface area (Å²) in [5, 5.41) is 26.8. The molecule has 0 aliphatic carbocycles. The van der Waals surface area contributed by atoms with Crippen LogP contribution < -0.4 is 0 Å². The zero-order valence-corrected chi connectivity index (χ0v) is 7.93. The summed E-state index contributed by atoms with van der Waals surface area (Å²) in [6.45, 7) is 0.0570. The third kappa shape index (κ3) is 3.71. The van der Waals surface area contributed by atoms with Gasteiger partial charge in [-0.15, -0.1) is 0 Å². The molecule has 14 heavy (non-hydrogen) atoms. The lowest BCUT2D eigenvalue weighted by atomic mass is 10.1. The van der Waals surface area contributed by atoms with Crippen molar-refractivity contribution in [1.29, 1.82) is 0 Å². The monoisotopic (exact) mass is 204 g/mol. The van der Waals surface area contributed by atoms with Crippen LogP contribution in [0.4, 0.5) is 0 Å². The maximum atomic E-state index is 11.1. The fourth-order valence-electron chi connectivity index (χ4n) is 1.19. The summed E-state index contributed by atoms with van der Waals surface area (Å²) in [5.74, 6) is 0.0516. The van der Waals surface area contributed by atoms with E-state index in [4.69, 9.17) is 14.9 Å². The van der Waals surface area contributed by atoms with Crippen LogP contribution in [-0.4, -0.2) is 52.6 Å². The van der Waals surface area contributed by atoms with Gasteiger partial charge in [0.2, 0.25) is 0 Å². The average molecular weight is 204 g/mol. The van der Waals surface area contributed by atoms with E-state index in [1.807, 2.05) is 0 Å². The lowest BCUT2D eigenvalue weighted by Gasteiger charge is -2.14. The third-order valence-electron chi connectivity index (χ3n) is 2.25. The summed E-state index contributed by atoms with van der Waals surface area (Å²) in [6.07, 6.45) is -1.10. The molecular weight excluding hydrogens is 188 g/mol. The van der Waals surface area contributed by atoms with E-state index in [0.717, 1.165) is 0 Å². The van der Waals surface area contributed by atoms with E-state index in [1.165, 1.54) is 0 Å². The molecule has 0 aromatic rings. The Morgan fingerprint density at radius 3 is 2.57 bits per heavy atom. The molecule has 0 aromatic carbocycles. The van der Waals surface area contributed by atoms with Crippen LogP contribution in [0.3, 0.4) is 0 Å². The van der Waals surface area contributed by atoms with E-state index in [9.17, 15) is 9.90 Å². The maximum Gasteiger partial charge on any atom is 0.163 e. The highest BCUT2D eigenvalue weighted by Gasteiger charge is 2.30. The molecule has 5 nitrogen and oxygen atoms in total. The molecule has 1 heterocycles. The molecule has 0 saturated carbocycles. The zero-order chi connectivity index (χ0) is 10.6. The largest absolute Gasteiger partial charge is 0.394 e. The Morgan fingerprint density at radius 2 is 2.07 bits per heavy atom. The summed E-state index contributed by atoms with van der Waals surface area (Å²) < 4.78 is 4.80. The van der Waals surface area contributed by atoms with Crippen molar-refractivity contribution in [3.8, 4) is 0 Å². The number of ether oxygens (including phenoxy) is 1. The number of carbonyl (C=O) groups is 1. The quantitative estimate of drug-likeness (QED) is 0.455. The van der Waals surface area contributed by atoms with Crippen molar-refractivity contribution in [2.45, 2.75) is 37.6 Å². The van der Waals surface area contributed by atoms with Crippen molar-refractivity contribution >= 4 is 5.78 Å². The van der Waals surface area contributed by atoms with Gasteiger partial charge >= 0.3 is 0 Å².